The first-order valence-electron chi connectivity index (χ1n) is 10.5. The summed E-state index contributed by atoms with van der Waals surface area (Å²) in [5.41, 5.74) is 2.00. The third kappa shape index (κ3) is 4.99. The van der Waals surface area contributed by atoms with Crippen molar-refractivity contribution < 1.29 is 4.79 Å². The van der Waals surface area contributed by atoms with Gasteiger partial charge in [0.25, 0.3) is 0 Å². The predicted octanol–water partition coefficient (Wildman–Crippen LogP) is 3.32. The third-order valence-corrected chi connectivity index (χ3v) is 5.94. The smallest absolute Gasteiger partial charge is 0.227 e. The molecule has 0 N–H and O–H groups in total. The lowest BCUT2D eigenvalue weighted by Crippen LogP contribution is -2.49. The Labute approximate surface area is 177 Å². The second kappa shape index (κ2) is 8.99. The van der Waals surface area contributed by atoms with Crippen LogP contribution in [-0.4, -0.2) is 60.0 Å². The number of amides is 1. The Morgan fingerprint density at radius 3 is 2.31 bits per heavy atom. The zero-order valence-corrected chi connectivity index (χ0v) is 17.7. The largest absolute Gasteiger partial charge is 0.353 e. The summed E-state index contributed by atoms with van der Waals surface area (Å²) in [7, 11) is 0. The predicted molar refractivity (Wildman–Crippen MR) is 117 cm³/mol. The van der Waals surface area contributed by atoms with Gasteiger partial charge in [-0.15, -0.1) is 0 Å². The molecule has 1 aromatic carbocycles. The fraction of sp³-hybridized carbons (Fsp3) is 0.500. The number of aryl methyl sites for hydroxylation is 1. The number of anilines is 2. The third-order valence-electron chi connectivity index (χ3n) is 5.69. The average Bonchev–Trinajstić information content (AvgIpc) is 2.75. The van der Waals surface area contributed by atoms with Crippen LogP contribution in [0.15, 0.2) is 30.3 Å². The number of carbonyl (C=O) groups is 1. The molecule has 0 saturated carbocycles. The van der Waals surface area contributed by atoms with Gasteiger partial charge in [-0.05, 0) is 43.9 Å². The average molecular weight is 414 g/mol. The first-order valence-corrected chi connectivity index (χ1v) is 10.8. The van der Waals surface area contributed by atoms with E-state index in [4.69, 9.17) is 16.6 Å². The van der Waals surface area contributed by atoms with Gasteiger partial charge in [0.1, 0.15) is 5.82 Å². The highest BCUT2D eigenvalue weighted by atomic mass is 35.5. The molecule has 4 rings (SSSR count). The van der Waals surface area contributed by atoms with Crippen molar-refractivity contribution in [2.45, 2.75) is 32.6 Å². The fourth-order valence-electron chi connectivity index (χ4n) is 4.01. The molecule has 154 valence electrons. The molecule has 0 atom stereocenters. The number of halogens is 1. The molecule has 29 heavy (non-hydrogen) atoms. The van der Waals surface area contributed by atoms with Crippen molar-refractivity contribution in [1.29, 1.82) is 0 Å². The number of benzene rings is 1. The molecule has 7 heteroatoms. The fourth-order valence-corrected chi connectivity index (χ4v) is 4.13. The van der Waals surface area contributed by atoms with Crippen LogP contribution in [-0.2, 0) is 11.2 Å². The van der Waals surface area contributed by atoms with Crippen LogP contribution in [0.2, 0.25) is 5.02 Å². The Balaban J connectivity index is 1.37. The second-order valence-electron chi connectivity index (χ2n) is 7.89. The number of aromatic nitrogens is 2. The first kappa shape index (κ1) is 20.0. The van der Waals surface area contributed by atoms with Crippen LogP contribution in [0.4, 0.5) is 11.8 Å². The molecular weight excluding hydrogens is 386 g/mol. The molecule has 3 heterocycles. The van der Waals surface area contributed by atoms with Crippen molar-refractivity contribution in [3.8, 4) is 0 Å². The topological polar surface area (TPSA) is 52.6 Å². The van der Waals surface area contributed by atoms with Crippen LogP contribution in [0.25, 0.3) is 0 Å². The highest BCUT2D eigenvalue weighted by Gasteiger charge is 2.23. The molecule has 0 aliphatic carbocycles. The monoisotopic (exact) mass is 413 g/mol. The number of piperazine rings is 1. The highest BCUT2D eigenvalue weighted by Crippen LogP contribution is 2.22. The van der Waals surface area contributed by atoms with Crippen molar-refractivity contribution in [2.75, 3.05) is 49.1 Å². The van der Waals surface area contributed by atoms with Gasteiger partial charge in [0.2, 0.25) is 11.9 Å². The second-order valence-corrected chi connectivity index (χ2v) is 8.32. The van der Waals surface area contributed by atoms with Crippen LogP contribution in [0, 0.1) is 6.92 Å². The van der Waals surface area contributed by atoms with E-state index >= 15 is 0 Å². The van der Waals surface area contributed by atoms with E-state index in [9.17, 15) is 4.79 Å². The van der Waals surface area contributed by atoms with Gasteiger partial charge in [-0.2, -0.15) is 4.98 Å². The lowest BCUT2D eigenvalue weighted by molar-refractivity contribution is -0.130. The molecule has 2 aliphatic heterocycles. The molecule has 6 nitrogen and oxygen atoms in total. The molecule has 2 fully saturated rings. The van der Waals surface area contributed by atoms with Gasteiger partial charge in [-0.25, -0.2) is 4.98 Å². The van der Waals surface area contributed by atoms with Crippen LogP contribution < -0.4 is 9.80 Å². The van der Waals surface area contributed by atoms with Crippen molar-refractivity contribution >= 4 is 29.3 Å². The Hall–Kier alpha value is -2.34. The maximum Gasteiger partial charge on any atom is 0.227 e. The van der Waals surface area contributed by atoms with Crippen molar-refractivity contribution in [1.82, 2.24) is 14.9 Å². The summed E-state index contributed by atoms with van der Waals surface area (Å²) in [6.45, 7) is 7.13. The van der Waals surface area contributed by atoms with E-state index in [0.29, 0.717) is 24.5 Å². The molecule has 0 radical (unpaired) electrons. The first-order chi connectivity index (χ1) is 14.1. The Kier molecular flexibility index (Phi) is 6.19. The van der Waals surface area contributed by atoms with Gasteiger partial charge in [-0.3, -0.25) is 4.79 Å². The van der Waals surface area contributed by atoms with E-state index in [1.165, 1.54) is 19.3 Å². The standard InChI is InChI=1S/C22H28ClN5O/c1-17-15-20(25-22(24-17)28-9-3-2-4-10-28)26-11-13-27(14-12-26)21(29)16-18-5-7-19(23)8-6-18/h5-8,15H,2-4,9-14,16H2,1H3. The van der Waals surface area contributed by atoms with Crippen LogP contribution in [0.1, 0.15) is 30.5 Å². The van der Waals surface area contributed by atoms with E-state index in [-0.39, 0.29) is 5.91 Å². The van der Waals surface area contributed by atoms with Gasteiger partial charge in [0, 0.05) is 56.1 Å². The summed E-state index contributed by atoms with van der Waals surface area (Å²) in [4.78, 5) is 28.7. The maximum atomic E-state index is 12.7. The number of piperidine rings is 1. The van der Waals surface area contributed by atoms with E-state index in [2.05, 4.69) is 20.9 Å². The summed E-state index contributed by atoms with van der Waals surface area (Å²) in [5, 5.41) is 0.693. The van der Waals surface area contributed by atoms with Crippen LogP contribution in [0.5, 0.6) is 0 Å². The molecule has 2 aliphatic rings. The number of nitrogens with zero attached hydrogens (tertiary/aromatic N) is 5. The van der Waals surface area contributed by atoms with Crippen LogP contribution in [0.3, 0.4) is 0 Å². The van der Waals surface area contributed by atoms with Gasteiger partial charge < -0.3 is 14.7 Å². The Morgan fingerprint density at radius 1 is 0.931 bits per heavy atom. The van der Waals surface area contributed by atoms with E-state index < -0.39 is 0 Å². The summed E-state index contributed by atoms with van der Waals surface area (Å²) in [6.07, 6.45) is 4.13. The molecule has 1 aromatic heterocycles. The highest BCUT2D eigenvalue weighted by molar-refractivity contribution is 6.30. The minimum Gasteiger partial charge on any atom is -0.353 e. The zero-order valence-electron chi connectivity index (χ0n) is 17.0. The van der Waals surface area contributed by atoms with Crippen LogP contribution >= 0.6 is 11.6 Å². The summed E-state index contributed by atoms with van der Waals surface area (Å²) >= 11 is 5.93. The van der Waals surface area contributed by atoms with Gasteiger partial charge in [-0.1, -0.05) is 23.7 Å². The van der Waals surface area contributed by atoms with Gasteiger partial charge >= 0.3 is 0 Å². The van der Waals surface area contributed by atoms with Crippen molar-refractivity contribution in [3.63, 3.8) is 0 Å². The molecule has 2 saturated heterocycles. The Bertz CT molecular complexity index is 843. The summed E-state index contributed by atoms with van der Waals surface area (Å²) in [5.74, 6) is 1.99. The zero-order chi connectivity index (χ0) is 20.2. The lowest BCUT2D eigenvalue weighted by atomic mass is 10.1. The molecule has 2 aromatic rings. The quantitative estimate of drug-likeness (QED) is 0.769. The summed E-state index contributed by atoms with van der Waals surface area (Å²) < 4.78 is 0. The molecular formula is C22H28ClN5O. The summed E-state index contributed by atoms with van der Waals surface area (Å²) in [6, 6.07) is 9.56. The SMILES string of the molecule is Cc1cc(N2CCN(C(=O)Cc3ccc(Cl)cc3)CC2)nc(N2CCCCC2)n1. The lowest BCUT2D eigenvalue weighted by Gasteiger charge is -2.36. The minimum absolute atomic E-state index is 0.167. The van der Waals surface area contributed by atoms with Crippen molar-refractivity contribution in [3.05, 3.63) is 46.6 Å². The van der Waals surface area contributed by atoms with Gasteiger partial charge in [0.05, 0.1) is 6.42 Å². The molecule has 0 bridgehead atoms. The molecule has 1 amide bonds. The minimum atomic E-state index is 0.167. The van der Waals surface area contributed by atoms with Gasteiger partial charge in [0.15, 0.2) is 0 Å². The van der Waals surface area contributed by atoms with E-state index in [1.54, 1.807) is 0 Å². The number of hydrogen-bond acceptors (Lipinski definition) is 5. The van der Waals surface area contributed by atoms with E-state index in [0.717, 1.165) is 49.2 Å². The van der Waals surface area contributed by atoms with Crippen molar-refractivity contribution in [2.24, 2.45) is 0 Å². The number of hydrogen-bond donors (Lipinski definition) is 0. The number of rotatable bonds is 4. The maximum absolute atomic E-state index is 12.7. The number of carbonyl (C=O) groups excluding carboxylic acids is 1. The Morgan fingerprint density at radius 2 is 1.62 bits per heavy atom. The normalized spacial score (nSPS) is 17.5. The molecule has 0 unspecified atom stereocenters. The molecule has 0 spiro atoms. The van der Waals surface area contributed by atoms with E-state index in [1.807, 2.05) is 36.1 Å².